The molecule has 27 heavy (non-hydrogen) atoms. The van der Waals surface area contributed by atoms with Crippen LogP contribution in [0.1, 0.15) is 77.8 Å². The van der Waals surface area contributed by atoms with Gasteiger partial charge in [0.2, 0.25) is 0 Å². The second-order valence-corrected chi connectivity index (χ2v) is 9.50. The van der Waals surface area contributed by atoms with Crippen LogP contribution < -0.4 is 0 Å². The molecule has 0 aliphatic heterocycles. The molecule has 0 bridgehead atoms. The minimum Gasteiger partial charge on any atom is -0.322 e. The van der Waals surface area contributed by atoms with Crippen LogP contribution in [-0.2, 0) is 16.8 Å². The van der Waals surface area contributed by atoms with Gasteiger partial charge in [0.15, 0.2) is 5.82 Å². The Balaban J connectivity index is 2.40. The third-order valence-corrected chi connectivity index (χ3v) is 4.58. The molecule has 0 saturated carbocycles. The van der Waals surface area contributed by atoms with E-state index in [9.17, 15) is 14.4 Å². The molecule has 1 aromatic heterocycles. The fraction of sp³-hybridized carbons (Fsp3) is 0.591. The Labute approximate surface area is 161 Å². The van der Waals surface area contributed by atoms with Gasteiger partial charge in [-0.25, -0.2) is 9.37 Å². The number of imidazole rings is 1. The molecule has 0 N–H and O–H groups in total. The molecule has 5 heteroatoms. The van der Waals surface area contributed by atoms with E-state index < -0.39 is 5.82 Å². The summed E-state index contributed by atoms with van der Waals surface area (Å²) in [5, 5.41) is 9.31. The lowest BCUT2D eigenvalue weighted by Gasteiger charge is -2.25. The zero-order valence-corrected chi connectivity index (χ0v) is 17.5. The number of halogens is 1. The van der Waals surface area contributed by atoms with Gasteiger partial charge in [0.25, 0.3) is 0 Å². The third-order valence-electron chi connectivity index (χ3n) is 4.58. The summed E-state index contributed by atoms with van der Waals surface area (Å²) in [6.45, 7) is 14.1. The molecule has 0 spiro atoms. The first kappa shape index (κ1) is 21.1. The quantitative estimate of drug-likeness (QED) is 0.703. The molecule has 2 aromatic rings. The molecule has 0 amide bonds. The Morgan fingerprint density at radius 3 is 2.41 bits per heavy atom. The number of hydrogen-bond acceptors (Lipinski definition) is 3. The fourth-order valence-electron chi connectivity index (χ4n) is 3.54. The molecule has 0 fully saturated rings. The number of benzene rings is 1. The Bertz CT molecular complexity index is 905. The zero-order valence-electron chi connectivity index (χ0n) is 17.5. The highest BCUT2D eigenvalue weighted by Gasteiger charge is 2.25. The van der Waals surface area contributed by atoms with Gasteiger partial charge >= 0.3 is 0 Å². The summed E-state index contributed by atoms with van der Waals surface area (Å²) in [6.07, 6.45) is 2.33. The highest BCUT2D eigenvalue weighted by atomic mass is 19.1. The molecule has 4 nitrogen and oxygen atoms in total. The van der Waals surface area contributed by atoms with Gasteiger partial charge in [0.1, 0.15) is 17.1 Å². The smallest absolute Gasteiger partial charge is 0.152 e. The standard InChI is InChI=1S/C22H30FN3O/c1-14-15(13-24)11-17(23)19-20(14)26(22(5,6)7)18(25-19)10-8-9-16(27)12-21(2,3)4/h11H,8-10,12H2,1-7H3. The first-order chi connectivity index (χ1) is 12.3. The van der Waals surface area contributed by atoms with Crippen LogP contribution in [0.25, 0.3) is 11.0 Å². The van der Waals surface area contributed by atoms with Crippen molar-refractivity contribution >= 4 is 16.8 Å². The lowest BCUT2D eigenvalue weighted by Crippen LogP contribution is -2.24. The van der Waals surface area contributed by atoms with Crippen molar-refractivity contribution in [3.8, 4) is 6.07 Å². The van der Waals surface area contributed by atoms with Crippen molar-refractivity contribution in [3.05, 3.63) is 28.8 Å². The molecule has 0 aliphatic carbocycles. The van der Waals surface area contributed by atoms with Crippen LogP contribution >= 0.6 is 0 Å². The van der Waals surface area contributed by atoms with Crippen LogP contribution in [0, 0.1) is 29.5 Å². The zero-order chi connectivity index (χ0) is 20.6. The van der Waals surface area contributed by atoms with Crippen molar-refractivity contribution in [1.82, 2.24) is 9.55 Å². The van der Waals surface area contributed by atoms with E-state index >= 15 is 0 Å². The van der Waals surface area contributed by atoms with Crippen molar-refractivity contribution in [2.45, 2.75) is 79.7 Å². The molecule has 2 rings (SSSR count). The number of ketones is 1. The molecule has 1 aromatic carbocycles. The third kappa shape index (κ3) is 4.74. The largest absolute Gasteiger partial charge is 0.322 e. The summed E-state index contributed by atoms with van der Waals surface area (Å²) in [5.41, 5.74) is 1.73. The molecular formula is C22H30FN3O. The van der Waals surface area contributed by atoms with Gasteiger partial charge in [-0.15, -0.1) is 0 Å². The van der Waals surface area contributed by atoms with Gasteiger partial charge < -0.3 is 4.57 Å². The fourth-order valence-corrected chi connectivity index (χ4v) is 3.54. The van der Waals surface area contributed by atoms with Crippen molar-refractivity contribution in [2.24, 2.45) is 5.41 Å². The molecule has 146 valence electrons. The molecule has 0 atom stereocenters. The number of fused-ring (bicyclic) bond motifs is 1. The molecule has 0 unspecified atom stereocenters. The highest BCUT2D eigenvalue weighted by molar-refractivity contribution is 5.83. The molecule has 0 radical (unpaired) electrons. The van der Waals surface area contributed by atoms with Gasteiger partial charge in [0.05, 0.1) is 17.1 Å². The van der Waals surface area contributed by atoms with Crippen molar-refractivity contribution in [1.29, 1.82) is 5.26 Å². The number of rotatable bonds is 5. The number of hydrogen-bond donors (Lipinski definition) is 0. The van der Waals surface area contributed by atoms with Crippen LogP contribution in [0.15, 0.2) is 6.07 Å². The summed E-state index contributed by atoms with van der Waals surface area (Å²) < 4.78 is 16.6. The summed E-state index contributed by atoms with van der Waals surface area (Å²) in [4.78, 5) is 16.7. The molecule has 0 aliphatic rings. The summed E-state index contributed by atoms with van der Waals surface area (Å²) in [7, 11) is 0. The number of nitriles is 1. The highest BCUT2D eigenvalue weighted by Crippen LogP contribution is 2.31. The molecule has 0 saturated heterocycles. The number of carbonyl (C=O) groups excluding carboxylic acids is 1. The predicted molar refractivity (Wildman–Crippen MR) is 106 cm³/mol. The molecule has 1 heterocycles. The lowest BCUT2D eigenvalue weighted by molar-refractivity contribution is -0.120. The van der Waals surface area contributed by atoms with Gasteiger partial charge in [-0.05, 0) is 51.2 Å². The lowest BCUT2D eigenvalue weighted by atomic mass is 9.88. The number of aryl methyl sites for hydroxylation is 2. The average molecular weight is 372 g/mol. The van der Waals surface area contributed by atoms with Gasteiger partial charge in [-0.3, -0.25) is 4.79 Å². The topological polar surface area (TPSA) is 58.7 Å². The van der Waals surface area contributed by atoms with E-state index in [0.717, 1.165) is 11.4 Å². The normalized spacial score (nSPS) is 12.4. The minimum atomic E-state index is -0.472. The van der Waals surface area contributed by atoms with Crippen LogP contribution in [-0.4, -0.2) is 15.3 Å². The van der Waals surface area contributed by atoms with E-state index in [0.29, 0.717) is 42.3 Å². The molecular weight excluding hydrogens is 341 g/mol. The van der Waals surface area contributed by atoms with E-state index in [1.165, 1.54) is 6.07 Å². The van der Waals surface area contributed by atoms with Gasteiger partial charge in [-0.1, -0.05) is 20.8 Å². The Morgan fingerprint density at radius 2 is 1.89 bits per heavy atom. The van der Waals surface area contributed by atoms with Crippen molar-refractivity contribution < 1.29 is 9.18 Å². The second kappa shape index (κ2) is 7.42. The predicted octanol–water partition coefficient (Wildman–Crippen LogP) is 5.44. The maximum Gasteiger partial charge on any atom is 0.152 e. The Kier molecular flexibility index (Phi) is 5.79. The SMILES string of the molecule is Cc1c(C#N)cc(F)c2nc(CCCC(=O)CC(C)(C)C)n(C(C)(C)C)c12. The number of carbonyl (C=O) groups is 1. The number of aromatic nitrogens is 2. The Morgan fingerprint density at radius 1 is 1.26 bits per heavy atom. The van der Waals surface area contributed by atoms with Crippen LogP contribution in [0.2, 0.25) is 0 Å². The van der Waals surface area contributed by atoms with Gasteiger partial charge in [-0.2, -0.15) is 5.26 Å². The first-order valence-electron chi connectivity index (χ1n) is 9.48. The number of Topliss-reactive ketones (excluding diaryl/α,β-unsaturated/α-hetero) is 1. The Hall–Kier alpha value is -2.22. The van der Waals surface area contributed by atoms with Crippen LogP contribution in [0.5, 0.6) is 0 Å². The van der Waals surface area contributed by atoms with E-state index in [4.69, 9.17) is 0 Å². The maximum atomic E-state index is 14.6. The van der Waals surface area contributed by atoms with Crippen molar-refractivity contribution in [2.75, 3.05) is 0 Å². The van der Waals surface area contributed by atoms with E-state index in [1.807, 2.05) is 32.3 Å². The van der Waals surface area contributed by atoms with E-state index in [2.05, 4.69) is 31.8 Å². The first-order valence-corrected chi connectivity index (χ1v) is 9.48. The second-order valence-electron chi connectivity index (χ2n) is 9.50. The van der Waals surface area contributed by atoms with Gasteiger partial charge in [0, 0.05) is 24.8 Å². The summed E-state index contributed by atoms with van der Waals surface area (Å²) in [5.74, 6) is 0.536. The van der Waals surface area contributed by atoms with Crippen molar-refractivity contribution in [3.63, 3.8) is 0 Å². The van der Waals surface area contributed by atoms with Crippen LogP contribution in [0.4, 0.5) is 4.39 Å². The minimum absolute atomic E-state index is 0.0103. The summed E-state index contributed by atoms with van der Waals surface area (Å²) in [6, 6.07) is 3.33. The average Bonchev–Trinajstić information content (AvgIpc) is 2.89. The van der Waals surface area contributed by atoms with E-state index in [-0.39, 0.29) is 16.7 Å². The maximum absolute atomic E-state index is 14.6. The van der Waals surface area contributed by atoms with Crippen LogP contribution in [0.3, 0.4) is 0 Å². The van der Waals surface area contributed by atoms with E-state index in [1.54, 1.807) is 0 Å². The number of nitrogens with zero attached hydrogens (tertiary/aromatic N) is 3. The summed E-state index contributed by atoms with van der Waals surface area (Å²) >= 11 is 0. The monoisotopic (exact) mass is 371 g/mol.